The molecule has 0 saturated heterocycles. The van der Waals surface area contributed by atoms with Gasteiger partial charge >= 0.3 is 6.61 Å². The van der Waals surface area contributed by atoms with Gasteiger partial charge in [-0.3, -0.25) is 0 Å². The molecule has 0 atom stereocenters. The number of hydrogen-bond donors (Lipinski definition) is 0. The normalized spacial score (nSPS) is 10.4. The lowest BCUT2D eigenvalue weighted by Crippen LogP contribution is -2.02. The molecule has 0 heterocycles. The number of alkyl halides is 2. The Hall–Kier alpha value is -1.26. The van der Waals surface area contributed by atoms with Crippen molar-refractivity contribution < 1.29 is 22.3 Å². The fourth-order valence-corrected chi connectivity index (χ4v) is 0.699. The fraction of sp³-hybridized carbons (Fsp3) is 0.143. The number of benzene rings is 1. The molecular formula is C7H4F4O. The van der Waals surface area contributed by atoms with Gasteiger partial charge in [0, 0.05) is 18.2 Å². The van der Waals surface area contributed by atoms with Crippen molar-refractivity contribution in [3.8, 4) is 5.75 Å². The van der Waals surface area contributed by atoms with Crippen molar-refractivity contribution in [1.29, 1.82) is 0 Å². The summed E-state index contributed by atoms with van der Waals surface area (Å²) in [5.74, 6) is -2.43. The molecular weight excluding hydrogens is 176 g/mol. The summed E-state index contributed by atoms with van der Waals surface area (Å²) in [5, 5.41) is 0. The average Bonchev–Trinajstić information content (AvgIpc) is 1.81. The Kier molecular flexibility index (Phi) is 2.52. The van der Waals surface area contributed by atoms with Crippen LogP contribution in [0, 0.1) is 11.6 Å². The van der Waals surface area contributed by atoms with Crippen LogP contribution < -0.4 is 4.74 Å². The Morgan fingerprint density at radius 1 is 1.00 bits per heavy atom. The van der Waals surface area contributed by atoms with Crippen LogP contribution in [-0.2, 0) is 0 Å². The highest BCUT2D eigenvalue weighted by atomic mass is 19.3. The van der Waals surface area contributed by atoms with E-state index in [1.165, 1.54) is 0 Å². The molecule has 0 aromatic heterocycles. The lowest BCUT2D eigenvalue weighted by molar-refractivity contribution is -0.0501. The van der Waals surface area contributed by atoms with Crippen LogP contribution in [0.2, 0.25) is 0 Å². The predicted molar refractivity (Wildman–Crippen MR) is 33.0 cm³/mol. The quantitative estimate of drug-likeness (QED) is 0.635. The fourth-order valence-electron chi connectivity index (χ4n) is 0.699. The van der Waals surface area contributed by atoms with E-state index in [1.54, 1.807) is 0 Å². The molecule has 0 radical (unpaired) electrons. The van der Waals surface area contributed by atoms with E-state index in [2.05, 4.69) is 4.74 Å². The highest BCUT2D eigenvalue weighted by molar-refractivity contribution is 5.23. The summed E-state index contributed by atoms with van der Waals surface area (Å²) >= 11 is 0. The highest BCUT2D eigenvalue weighted by Gasteiger charge is 2.06. The van der Waals surface area contributed by atoms with Gasteiger partial charge in [-0.25, -0.2) is 8.78 Å². The zero-order valence-corrected chi connectivity index (χ0v) is 5.73. The van der Waals surface area contributed by atoms with Crippen molar-refractivity contribution in [3.63, 3.8) is 0 Å². The SMILES string of the molecule is Fc1cc(F)cc(OC(F)F)c1. The Morgan fingerprint density at radius 3 is 1.92 bits per heavy atom. The molecule has 0 bridgehead atoms. The van der Waals surface area contributed by atoms with E-state index in [4.69, 9.17) is 0 Å². The maximum absolute atomic E-state index is 12.3. The van der Waals surface area contributed by atoms with Gasteiger partial charge in [0.2, 0.25) is 0 Å². The lowest BCUT2D eigenvalue weighted by atomic mass is 10.3. The number of rotatable bonds is 2. The van der Waals surface area contributed by atoms with Crippen LogP contribution in [0.4, 0.5) is 17.6 Å². The van der Waals surface area contributed by atoms with Gasteiger partial charge in [-0.15, -0.1) is 0 Å². The molecule has 0 N–H and O–H groups in total. The summed E-state index contributed by atoms with van der Waals surface area (Å²) in [5.41, 5.74) is 0. The number of hydrogen-bond acceptors (Lipinski definition) is 1. The van der Waals surface area contributed by atoms with Crippen LogP contribution in [0.5, 0.6) is 5.75 Å². The summed E-state index contributed by atoms with van der Waals surface area (Å²) in [4.78, 5) is 0. The zero-order valence-electron chi connectivity index (χ0n) is 5.73. The third kappa shape index (κ3) is 2.41. The minimum absolute atomic E-state index is 0.525. The van der Waals surface area contributed by atoms with Crippen LogP contribution in [0.3, 0.4) is 0 Å². The third-order valence-electron chi connectivity index (χ3n) is 1.06. The third-order valence-corrected chi connectivity index (χ3v) is 1.06. The molecule has 0 amide bonds. The van der Waals surface area contributed by atoms with Crippen molar-refractivity contribution in [2.45, 2.75) is 6.61 Å². The Labute approximate surface area is 65.6 Å². The van der Waals surface area contributed by atoms with Gasteiger partial charge in [0.25, 0.3) is 0 Å². The van der Waals surface area contributed by atoms with Gasteiger partial charge in [-0.2, -0.15) is 8.78 Å². The first-order valence-corrected chi connectivity index (χ1v) is 2.99. The van der Waals surface area contributed by atoms with Crippen LogP contribution >= 0.6 is 0 Å². The van der Waals surface area contributed by atoms with Crippen molar-refractivity contribution in [2.24, 2.45) is 0 Å². The summed E-state index contributed by atoms with van der Waals surface area (Å²) in [7, 11) is 0. The number of ether oxygens (including phenoxy) is 1. The van der Waals surface area contributed by atoms with E-state index in [-0.39, 0.29) is 0 Å². The van der Waals surface area contributed by atoms with Gasteiger partial charge < -0.3 is 4.74 Å². The van der Waals surface area contributed by atoms with Gasteiger partial charge in [0.15, 0.2) is 0 Å². The van der Waals surface area contributed by atoms with Crippen molar-refractivity contribution in [1.82, 2.24) is 0 Å². The van der Waals surface area contributed by atoms with Crippen molar-refractivity contribution in [2.75, 3.05) is 0 Å². The second-order valence-electron chi connectivity index (χ2n) is 1.98. The molecule has 5 heteroatoms. The molecule has 1 aromatic rings. The topological polar surface area (TPSA) is 9.23 Å². The first-order chi connectivity index (χ1) is 5.58. The Bertz CT molecular complexity index is 254. The molecule has 0 spiro atoms. The highest BCUT2D eigenvalue weighted by Crippen LogP contribution is 2.17. The summed E-state index contributed by atoms with van der Waals surface area (Å²) in [6.45, 7) is -3.08. The summed E-state index contributed by atoms with van der Waals surface area (Å²) in [6, 6.07) is 1.92. The van der Waals surface area contributed by atoms with Gasteiger partial charge in [-0.1, -0.05) is 0 Å². The van der Waals surface area contributed by atoms with E-state index < -0.39 is 24.0 Å². The maximum atomic E-state index is 12.3. The van der Waals surface area contributed by atoms with Gasteiger partial charge in [0.05, 0.1) is 0 Å². The first-order valence-electron chi connectivity index (χ1n) is 2.99. The summed E-state index contributed by atoms with van der Waals surface area (Å²) in [6.07, 6.45) is 0. The molecule has 0 aliphatic carbocycles. The second-order valence-corrected chi connectivity index (χ2v) is 1.98. The minimum atomic E-state index is -3.08. The monoisotopic (exact) mass is 180 g/mol. The minimum Gasteiger partial charge on any atom is -0.435 e. The van der Waals surface area contributed by atoms with E-state index in [0.717, 1.165) is 0 Å². The van der Waals surface area contributed by atoms with Crippen LogP contribution in [0.15, 0.2) is 18.2 Å². The van der Waals surface area contributed by atoms with Crippen LogP contribution in [-0.4, -0.2) is 6.61 Å². The molecule has 0 fully saturated rings. The van der Waals surface area contributed by atoms with E-state index in [9.17, 15) is 17.6 Å². The second kappa shape index (κ2) is 3.42. The molecule has 1 aromatic carbocycles. The van der Waals surface area contributed by atoms with Gasteiger partial charge in [-0.05, 0) is 0 Å². The van der Waals surface area contributed by atoms with E-state index >= 15 is 0 Å². The van der Waals surface area contributed by atoms with E-state index in [1.807, 2.05) is 0 Å². The first kappa shape index (κ1) is 8.83. The van der Waals surface area contributed by atoms with Gasteiger partial charge in [0.1, 0.15) is 17.4 Å². The summed E-state index contributed by atoms with van der Waals surface area (Å²) < 4.78 is 51.4. The molecule has 0 aliphatic heterocycles. The smallest absolute Gasteiger partial charge is 0.387 e. The molecule has 0 aliphatic rings. The Morgan fingerprint density at radius 2 is 1.50 bits per heavy atom. The Balaban J connectivity index is 2.85. The van der Waals surface area contributed by atoms with E-state index in [0.29, 0.717) is 18.2 Å². The average molecular weight is 180 g/mol. The molecule has 12 heavy (non-hydrogen) atoms. The molecule has 1 rings (SSSR count). The molecule has 1 nitrogen and oxygen atoms in total. The standard InChI is InChI=1S/C7H4F4O/c8-4-1-5(9)3-6(2-4)12-7(10)11/h1-3,7H. The van der Waals surface area contributed by atoms with Crippen molar-refractivity contribution in [3.05, 3.63) is 29.8 Å². The van der Waals surface area contributed by atoms with Crippen LogP contribution in [0.25, 0.3) is 0 Å². The lowest BCUT2D eigenvalue weighted by Gasteiger charge is -2.03. The molecule has 66 valence electrons. The zero-order chi connectivity index (χ0) is 9.14. The van der Waals surface area contributed by atoms with Crippen molar-refractivity contribution >= 4 is 0 Å². The molecule has 0 unspecified atom stereocenters. The predicted octanol–water partition coefficient (Wildman–Crippen LogP) is 2.57. The number of halogens is 4. The largest absolute Gasteiger partial charge is 0.435 e. The van der Waals surface area contributed by atoms with Crippen LogP contribution in [0.1, 0.15) is 0 Å². The molecule has 0 saturated carbocycles. The maximum Gasteiger partial charge on any atom is 0.387 e.